The molecule has 0 amide bonds. The molecule has 0 spiro atoms. The highest BCUT2D eigenvalue weighted by Crippen LogP contribution is 2.33. The Labute approximate surface area is 174 Å². The number of ether oxygens (including phenoxy) is 1. The Morgan fingerprint density at radius 1 is 1.13 bits per heavy atom. The first-order valence-electron chi connectivity index (χ1n) is 9.82. The first-order valence-corrected chi connectivity index (χ1v) is 9.82. The van der Waals surface area contributed by atoms with E-state index in [1.807, 2.05) is 11.9 Å². The summed E-state index contributed by atoms with van der Waals surface area (Å²) in [6.45, 7) is 3.55. The number of aliphatic hydroxyl groups excluding tert-OH is 1. The molecule has 0 aliphatic carbocycles. The predicted molar refractivity (Wildman–Crippen MR) is 110 cm³/mol. The third kappa shape index (κ3) is 4.12. The zero-order valence-corrected chi connectivity index (χ0v) is 17.1. The molecule has 158 valence electrons. The molecule has 1 fully saturated rings. The maximum atomic E-state index is 14.8. The number of benzene rings is 1. The van der Waals surface area contributed by atoms with Crippen molar-refractivity contribution in [2.24, 2.45) is 7.05 Å². The fourth-order valence-electron chi connectivity index (χ4n) is 3.78. The smallest absolute Gasteiger partial charge is 0.316 e. The van der Waals surface area contributed by atoms with Crippen molar-refractivity contribution < 1.29 is 14.2 Å². The fourth-order valence-corrected chi connectivity index (χ4v) is 3.78. The van der Waals surface area contributed by atoms with Crippen molar-refractivity contribution in [3.05, 3.63) is 65.8 Å². The van der Waals surface area contributed by atoms with E-state index in [2.05, 4.69) is 19.9 Å². The Bertz CT molecular complexity index is 985. The van der Waals surface area contributed by atoms with Crippen LogP contribution in [0, 0.1) is 5.82 Å². The standard InChI is InChI=1S/C21H25FN6O2/c1-26-7-6-23-20(26)19(29)16-4-3-5-17(22)18(16)28-10-8-27(9-11-28)14-15-12-24-21(30-2)25-13-15/h3-7,12-13,19,29H,8-11,14H2,1-2H3/t19-/m1/s1. The van der Waals surface area contributed by atoms with Crippen LogP contribution in [0.15, 0.2) is 43.0 Å². The third-order valence-corrected chi connectivity index (χ3v) is 5.37. The van der Waals surface area contributed by atoms with Gasteiger partial charge in [-0.15, -0.1) is 0 Å². The molecule has 0 unspecified atom stereocenters. The first-order chi connectivity index (χ1) is 14.6. The molecule has 1 aliphatic heterocycles. The predicted octanol–water partition coefficient (Wildman–Crippen LogP) is 1.76. The zero-order valence-electron chi connectivity index (χ0n) is 17.1. The van der Waals surface area contributed by atoms with E-state index in [0.29, 0.717) is 36.2 Å². The molecule has 1 aromatic carbocycles. The lowest BCUT2D eigenvalue weighted by Gasteiger charge is -2.37. The lowest BCUT2D eigenvalue weighted by molar-refractivity contribution is 0.205. The van der Waals surface area contributed by atoms with Gasteiger partial charge in [-0.05, 0) is 6.07 Å². The van der Waals surface area contributed by atoms with Gasteiger partial charge in [0.05, 0.1) is 12.8 Å². The molecule has 0 saturated carbocycles. The third-order valence-electron chi connectivity index (χ3n) is 5.37. The van der Waals surface area contributed by atoms with E-state index in [1.54, 1.807) is 41.5 Å². The van der Waals surface area contributed by atoms with Gasteiger partial charge >= 0.3 is 6.01 Å². The van der Waals surface area contributed by atoms with Crippen LogP contribution in [-0.2, 0) is 13.6 Å². The second-order valence-electron chi connectivity index (χ2n) is 7.32. The van der Waals surface area contributed by atoms with Crippen LogP contribution in [0.2, 0.25) is 0 Å². The summed E-state index contributed by atoms with van der Waals surface area (Å²) in [6.07, 6.45) is 5.91. The Kier molecular flexibility index (Phi) is 5.91. The van der Waals surface area contributed by atoms with Crippen LogP contribution in [0.1, 0.15) is 23.1 Å². The van der Waals surface area contributed by atoms with Gasteiger partial charge in [0, 0.05) is 75.7 Å². The van der Waals surface area contributed by atoms with Gasteiger partial charge < -0.3 is 19.3 Å². The lowest BCUT2D eigenvalue weighted by Crippen LogP contribution is -2.46. The fraction of sp³-hybridized carbons (Fsp3) is 0.381. The molecular formula is C21H25FN6O2. The monoisotopic (exact) mass is 412 g/mol. The topological polar surface area (TPSA) is 79.5 Å². The van der Waals surface area contributed by atoms with E-state index < -0.39 is 6.10 Å². The molecule has 1 N–H and O–H groups in total. The summed E-state index contributed by atoms with van der Waals surface area (Å²) >= 11 is 0. The highest BCUT2D eigenvalue weighted by molar-refractivity contribution is 5.57. The number of hydrogen-bond donors (Lipinski definition) is 1. The normalized spacial score (nSPS) is 15.9. The quantitative estimate of drug-likeness (QED) is 0.661. The van der Waals surface area contributed by atoms with Crippen molar-refractivity contribution in [3.63, 3.8) is 0 Å². The molecule has 4 rings (SSSR count). The Morgan fingerprint density at radius 3 is 2.50 bits per heavy atom. The van der Waals surface area contributed by atoms with Crippen LogP contribution in [-0.4, -0.2) is 62.8 Å². The maximum Gasteiger partial charge on any atom is 0.316 e. The molecule has 3 aromatic rings. The molecule has 2 aromatic heterocycles. The molecule has 1 aliphatic rings. The minimum atomic E-state index is -0.995. The molecule has 30 heavy (non-hydrogen) atoms. The minimum Gasteiger partial charge on any atom is -0.467 e. The SMILES string of the molecule is COc1ncc(CN2CCN(c3c(F)cccc3[C@@H](O)c3nccn3C)CC2)cn1. The van der Waals surface area contributed by atoms with Crippen molar-refractivity contribution in [2.75, 3.05) is 38.2 Å². The van der Waals surface area contributed by atoms with Gasteiger partial charge in [-0.2, -0.15) is 0 Å². The molecule has 1 saturated heterocycles. The minimum absolute atomic E-state index is 0.335. The van der Waals surface area contributed by atoms with Gasteiger partial charge in [0.15, 0.2) is 0 Å². The van der Waals surface area contributed by atoms with Crippen LogP contribution in [0.5, 0.6) is 6.01 Å². The number of aliphatic hydroxyl groups is 1. The average Bonchev–Trinajstić information content (AvgIpc) is 3.20. The van der Waals surface area contributed by atoms with Crippen LogP contribution in [0.4, 0.5) is 10.1 Å². The van der Waals surface area contributed by atoms with E-state index >= 15 is 0 Å². The molecule has 0 radical (unpaired) electrons. The number of aryl methyl sites for hydroxylation is 1. The van der Waals surface area contributed by atoms with Crippen LogP contribution in [0.25, 0.3) is 0 Å². The van der Waals surface area contributed by atoms with Gasteiger partial charge in [0.25, 0.3) is 0 Å². The molecule has 0 bridgehead atoms. The number of piperazine rings is 1. The number of anilines is 1. The summed E-state index contributed by atoms with van der Waals surface area (Å²) in [6, 6.07) is 5.17. The van der Waals surface area contributed by atoms with Gasteiger partial charge in [0.1, 0.15) is 17.7 Å². The number of imidazole rings is 1. The second-order valence-corrected chi connectivity index (χ2v) is 7.32. The molecule has 9 heteroatoms. The maximum absolute atomic E-state index is 14.8. The number of halogens is 1. The van der Waals surface area contributed by atoms with Crippen molar-refractivity contribution >= 4 is 5.69 Å². The Morgan fingerprint density at radius 2 is 1.87 bits per heavy atom. The summed E-state index contributed by atoms with van der Waals surface area (Å²) in [5, 5.41) is 10.9. The number of hydrogen-bond acceptors (Lipinski definition) is 7. The van der Waals surface area contributed by atoms with E-state index in [4.69, 9.17) is 4.74 Å². The summed E-state index contributed by atoms with van der Waals surface area (Å²) in [7, 11) is 3.35. The van der Waals surface area contributed by atoms with Gasteiger partial charge in [-0.3, -0.25) is 4.90 Å². The largest absolute Gasteiger partial charge is 0.467 e. The number of methoxy groups -OCH3 is 1. The number of nitrogens with zero attached hydrogens (tertiary/aromatic N) is 6. The number of para-hydroxylation sites is 1. The van der Waals surface area contributed by atoms with E-state index in [-0.39, 0.29) is 5.82 Å². The molecule has 1 atom stereocenters. The van der Waals surface area contributed by atoms with Crippen LogP contribution < -0.4 is 9.64 Å². The van der Waals surface area contributed by atoms with E-state index in [9.17, 15) is 9.50 Å². The highest BCUT2D eigenvalue weighted by atomic mass is 19.1. The number of aromatic nitrogens is 4. The van der Waals surface area contributed by atoms with Crippen molar-refractivity contribution in [3.8, 4) is 6.01 Å². The van der Waals surface area contributed by atoms with Gasteiger partial charge in [-0.25, -0.2) is 19.3 Å². The Balaban J connectivity index is 1.47. The summed E-state index contributed by atoms with van der Waals surface area (Å²) in [5.74, 6) is 0.151. The summed E-state index contributed by atoms with van der Waals surface area (Å²) in [4.78, 5) is 16.8. The lowest BCUT2D eigenvalue weighted by atomic mass is 10.0. The van der Waals surface area contributed by atoms with Crippen LogP contribution >= 0.6 is 0 Å². The number of rotatable bonds is 6. The highest BCUT2D eigenvalue weighted by Gasteiger charge is 2.26. The van der Waals surface area contributed by atoms with Crippen molar-refractivity contribution in [1.82, 2.24) is 24.4 Å². The van der Waals surface area contributed by atoms with E-state index in [1.165, 1.54) is 13.2 Å². The van der Waals surface area contributed by atoms with Crippen molar-refractivity contribution in [2.45, 2.75) is 12.6 Å². The average molecular weight is 412 g/mol. The van der Waals surface area contributed by atoms with Gasteiger partial charge in [-0.1, -0.05) is 12.1 Å². The summed E-state index contributed by atoms with van der Waals surface area (Å²) < 4.78 is 21.6. The molecular weight excluding hydrogens is 387 g/mol. The van der Waals surface area contributed by atoms with Gasteiger partial charge in [0.2, 0.25) is 0 Å². The first kappa shape index (κ1) is 20.2. The molecule has 3 heterocycles. The van der Waals surface area contributed by atoms with Crippen molar-refractivity contribution in [1.29, 1.82) is 0 Å². The Hall–Kier alpha value is -3.04. The molecule has 8 nitrogen and oxygen atoms in total. The van der Waals surface area contributed by atoms with Crippen LogP contribution in [0.3, 0.4) is 0 Å². The second kappa shape index (κ2) is 8.76. The summed E-state index contributed by atoms with van der Waals surface area (Å²) in [5.41, 5.74) is 1.97. The zero-order chi connectivity index (χ0) is 21.1. The van der Waals surface area contributed by atoms with E-state index in [0.717, 1.165) is 25.2 Å².